The van der Waals surface area contributed by atoms with Gasteiger partial charge >= 0.3 is 6.03 Å². The highest BCUT2D eigenvalue weighted by Gasteiger charge is 2.29. The van der Waals surface area contributed by atoms with E-state index in [1.54, 1.807) is 4.90 Å². The Balaban J connectivity index is 1.43. The first-order valence-electron chi connectivity index (χ1n) is 8.30. The molecule has 25 heavy (non-hydrogen) atoms. The number of carbonyl (C=O) groups is 4. The second-order valence-corrected chi connectivity index (χ2v) is 6.15. The monoisotopic (exact) mass is 344 g/mol. The lowest BCUT2D eigenvalue weighted by Gasteiger charge is -2.16. The third kappa shape index (κ3) is 4.14. The highest BCUT2D eigenvalue weighted by atomic mass is 16.2. The molecule has 132 valence electrons. The zero-order valence-electron chi connectivity index (χ0n) is 13.7. The first kappa shape index (κ1) is 16.9. The largest absolute Gasteiger partial charge is 0.352 e. The van der Waals surface area contributed by atoms with E-state index in [2.05, 4.69) is 16.0 Å². The van der Waals surface area contributed by atoms with Gasteiger partial charge in [0.1, 0.15) is 6.04 Å². The molecule has 2 fully saturated rings. The number of nitrogens with one attached hydrogen (secondary N) is 3. The fourth-order valence-electron chi connectivity index (χ4n) is 2.94. The van der Waals surface area contributed by atoms with Crippen LogP contribution >= 0.6 is 0 Å². The van der Waals surface area contributed by atoms with Crippen LogP contribution in [-0.2, 0) is 20.9 Å². The average Bonchev–Trinajstić information content (AvgIpc) is 3.16. The van der Waals surface area contributed by atoms with Gasteiger partial charge in [0, 0.05) is 31.6 Å². The van der Waals surface area contributed by atoms with Crippen LogP contribution in [0.1, 0.15) is 31.2 Å². The van der Waals surface area contributed by atoms with Gasteiger partial charge in [-0.3, -0.25) is 19.7 Å². The number of anilines is 1. The van der Waals surface area contributed by atoms with Crippen LogP contribution in [0.4, 0.5) is 10.5 Å². The molecule has 0 saturated carbocycles. The van der Waals surface area contributed by atoms with Crippen molar-refractivity contribution in [1.82, 2.24) is 16.0 Å². The van der Waals surface area contributed by atoms with E-state index in [0.717, 1.165) is 24.2 Å². The van der Waals surface area contributed by atoms with E-state index < -0.39 is 18.0 Å². The van der Waals surface area contributed by atoms with Crippen molar-refractivity contribution in [2.24, 2.45) is 0 Å². The van der Waals surface area contributed by atoms with E-state index in [-0.39, 0.29) is 24.7 Å². The molecule has 2 aliphatic rings. The average molecular weight is 344 g/mol. The molecule has 3 rings (SSSR count). The maximum Gasteiger partial charge on any atom is 0.322 e. The van der Waals surface area contributed by atoms with Gasteiger partial charge in [-0.2, -0.15) is 0 Å². The molecule has 8 nitrogen and oxygen atoms in total. The van der Waals surface area contributed by atoms with Gasteiger partial charge in [-0.05, 0) is 30.5 Å². The van der Waals surface area contributed by atoms with Crippen molar-refractivity contribution in [2.75, 3.05) is 11.4 Å². The Labute approximate surface area is 144 Å². The molecule has 1 aromatic rings. The van der Waals surface area contributed by atoms with Gasteiger partial charge in [-0.1, -0.05) is 12.1 Å². The van der Waals surface area contributed by atoms with Crippen LogP contribution in [0.5, 0.6) is 0 Å². The molecule has 1 atom stereocenters. The zero-order valence-corrected chi connectivity index (χ0v) is 13.7. The highest BCUT2D eigenvalue weighted by Crippen LogP contribution is 2.21. The molecule has 3 N–H and O–H groups in total. The summed E-state index contributed by atoms with van der Waals surface area (Å²) >= 11 is 0. The lowest BCUT2D eigenvalue weighted by Crippen LogP contribution is -2.31. The Bertz CT molecular complexity index is 701. The minimum atomic E-state index is -0.643. The molecular formula is C17H20N4O4. The third-order valence-corrected chi connectivity index (χ3v) is 4.33. The molecule has 2 aliphatic heterocycles. The first-order valence-corrected chi connectivity index (χ1v) is 8.30. The predicted molar refractivity (Wildman–Crippen MR) is 89.6 cm³/mol. The molecule has 1 aromatic carbocycles. The summed E-state index contributed by atoms with van der Waals surface area (Å²) in [5, 5.41) is 7.37. The fraction of sp³-hybridized carbons (Fsp3) is 0.412. The molecule has 0 aromatic heterocycles. The van der Waals surface area contributed by atoms with Crippen LogP contribution < -0.4 is 20.9 Å². The molecule has 0 aliphatic carbocycles. The van der Waals surface area contributed by atoms with Gasteiger partial charge in [0.2, 0.25) is 11.8 Å². The summed E-state index contributed by atoms with van der Waals surface area (Å²) in [7, 11) is 0. The van der Waals surface area contributed by atoms with Crippen LogP contribution in [0.2, 0.25) is 0 Å². The molecule has 0 bridgehead atoms. The predicted octanol–water partition coefficient (Wildman–Crippen LogP) is 0.418. The van der Waals surface area contributed by atoms with Crippen molar-refractivity contribution >= 4 is 29.4 Å². The maximum absolute atomic E-state index is 11.9. The first-order chi connectivity index (χ1) is 12.0. The standard InChI is InChI=1S/C17H20N4O4/c22-14(8-7-13-16(24)20-17(25)19-13)18-10-11-3-5-12(6-4-11)21-9-1-2-15(21)23/h3-6,13H,1-2,7-10H2,(H,18,22)(H2,19,20,24,25)/t13-/m1/s1. The van der Waals surface area contributed by atoms with Crippen LogP contribution in [0, 0.1) is 0 Å². The van der Waals surface area contributed by atoms with Gasteiger partial charge in [0.15, 0.2) is 0 Å². The van der Waals surface area contributed by atoms with Crippen molar-refractivity contribution in [1.29, 1.82) is 0 Å². The number of hydrogen-bond acceptors (Lipinski definition) is 4. The van der Waals surface area contributed by atoms with Crippen LogP contribution in [0.3, 0.4) is 0 Å². The highest BCUT2D eigenvalue weighted by molar-refractivity contribution is 6.04. The third-order valence-electron chi connectivity index (χ3n) is 4.33. The van der Waals surface area contributed by atoms with Crippen molar-refractivity contribution in [2.45, 2.75) is 38.3 Å². The molecule has 2 saturated heterocycles. The summed E-state index contributed by atoms with van der Waals surface area (Å²) in [5.74, 6) is -0.443. The van der Waals surface area contributed by atoms with Crippen LogP contribution in [-0.4, -0.2) is 36.3 Å². The van der Waals surface area contributed by atoms with Gasteiger partial charge in [0.05, 0.1) is 0 Å². The van der Waals surface area contributed by atoms with Crippen LogP contribution in [0.15, 0.2) is 24.3 Å². The van der Waals surface area contributed by atoms with Gasteiger partial charge in [-0.15, -0.1) is 0 Å². The number of imide groups is 1. The minimum absolute atomic E-state index is 0.143. The van der Waals surface area contributed by atoms with E-state index in [1.807, 2.05) is 24.3 Å². The SMILES string of the molecule is O=C(CC[C@H]1NC(=O)NC1=O)NCc1ccc(N2CCCC2=O)cc1. The van der Waals surface area contributed by atoms with Crippen molar-refractivity contribution in [3.8, 4) is 0 Å². The number of benzene rings is 1. The van der Waals surface area contributed by atoms with E-state index in [1.165, 1.54) is 0 Å². The number of hydrogen-bond donors (Lipinski definition) is 3. The minimum Gasteiger partial charge on any atom is -0.352 e. The van der Waals surface area contributed by atoms with Crippen molar-refractivity contribution in [3.05, 3.63) is 29.8 Å². The second kappa shape index (κ2) is 7.33. The van der Waals surface area contributed by atoms with E-state index in [0.29, 0.717) is 13.0 Å². The summed E-state index contributed by atoms with van der Waals surface area (Å²) in [4.78, 5) is 47.7. The lowest BCUT2D eigenvalue weighted by atomic mass is 10.1. The molecular weight excluding hydrogens is 324 g/mol. The molecule has 8 heteroatoms. The quantitative estimate of drug-likeness (QED) is 0.650. The molecule has 0 unspecified atom stereocenters. The number of urea groups is 1. The fourth-order valence-corrected chi connectivity index (χ4v) is 2.94. The number of amides is 5. The number of nitrogens with zero attached hydrogens (tertiary/aromatic N) is 1. The van der Waals surface area contributed by atoms with Crippen molar-refractivity contribution < 1.29 is 19.2 Å². The Morgan fingerprint density at radius 2 is 1.96 bits per heavy atom. The van der Waals surface area contributed by atoms with Crippen LogP contribution in [0.25, 0.3) is 0 Å². The van der Waals surface area contributed by atoms with Gasteiger partial charge < -0.3 is 15.5 Å². The summed E-state index contributed by atoms with van der Waals surface area (Å²) < 4.78 is 0. The smallest absolute Gasteiger partial charge is 0.322 e. The maximum atomic E-state index is 11.9. The molecule has 0 spiro atoms. The normalized spacial score (nSPS) is 19.8. The van der Waals surface area contributed by atoms with Gasteiger partial charge in [0.25, 0.3) is 5.91 Å². The van der Waals surface area contributed by atoms with E-state index in [9.17, 15) is 19.2 Å². The molecule has 2 heterocycles. The van der Waals surface area contributed by atoms with E-state index >= 15 is 0 Å². The Morgan fingerprint density at radius 1 is 1.20 bits per heavy atom. The Morgan fingerprint density at radius 3 is 2.56 bits per heavy atom. The second-order valence-electron chi connectivity index (χ2n) is 6.15. The summed E-state index contributed by atoms with van der Waals surface area (Å²) in [6.45, 7) is 1.12. The number of carbonyl (C=O) groups excluding carboxylic acids is 4. The zero-order chi connectivity index (χ0) is 17.8. The lowest BCUT2D eigenvalue weighted by molar-refractivity contribution is -0.122. The summed E-state index contributed by atoms with van der Waals surface area (Å²) in [5.41, 5.74) is 1.80. The van der Waals surface area contributed by atoms with Gasteiger partial charge in [-0.25, -0.2) is 4.79 Å². The topological polar surface area (TPSA) is 108 Å². The summed E-state index contributed by atoms with van der Waals surface area (Å²) in [6, 6.07) is 6.35. The molecule has 0 radical (unpaired) electrons. The van der Waals surface area contributed by atoms with E-state index in [4.69, 9.17) is 0 Å². The Hall–Kier alpha value is -2.90. The number of rotatable bonds is 6. The molecule has 5 amide bonds. The Kier molecular flexibility index (Phi) is 4.97. The summed E-state index contributed by atoms with van der Waals surface area (Å²) in [6.07, 6.45) is 1.89. The van der Waals surface area contributed by atoms with Crippen molar-refractivity contribution in [3.63, 3.8) is 0 Å².